The SMILES string of the molecule is O=C(Cc1ccc(Cl)c(Cl)c1)Nc1cccc(CNc2cc(-c3ccccc3Cl)nc3c(Br)cnn23)c1. The minimum absolute atomic E-state index is 0.148. The molecule has 2 heterocycles. The summed E-state index contributed by atoms with van der Waals surface area (Å²) < 4.78 is 2.50. The van der Waals surface area contributed by atoms with Crippen molar-refractivity contribution in [1.82, 2.24) is 14.6 Å². The van der Waals surface area contributed by atoms with Gasteiger partial charge in [0.25, 0.3) is 0 Å². The van der Waals surface area contributed by atoms with E-state index in [-0.39, 0.29) is 12.3 Å². The van der Waals surface area contributed by atoms with Crippen molar-refractivity contribution in [1.29, 1.82) is 0 Å². The summed E-state index contributed by atoms with van der Waals surface area (Å²) >= 11 is 22.0. The number of nitrogens with zero attached hydrogens (tertiary/aromatic N) is 3. The van der Waals surface area contributed by atoms with Gasteiger partial charge in [-0.1, -0.05) is 71.2 Å². The zero-order valence-electron chi connectivity index (χ0n) is 19.2. The molecule has 6 nitrogen and oxygen atoms in total. The van der Waals surface area contributed by atoms with E-state index in [1.54, 1.807) is 28.9 Å². The Labute approximate surface area is 236 Å². The second-order valence-corrected chi connectivity index (χ2v) is 10.3. The predicted octanol–water partition coefficient (Wildman–Crippen LogP) is 7.91. The average molecular weight is 616 g/mol. The molecular weight excluding hydrogens is 597 g/mol. The van der Waals surface area contributed by atoms with Crippen LogP contribution in [0.5, 0.6) is 0 Å². The number of nitrogens with one attached hydrogen (secondary N) is 2. The van der Waals surface area contributed by atoms with Crippen LogP contribution in [0, 0.1) is 0 Å². The molecule has 186 valence electrons. The number of fused-ring (bicyclic) bond motifs is 1. The van der Waals surface area contributed by atoms with Gasteiger partial charge in [0, 0.05) is 28.9 Å². The smallest absolute Gasteiger partial charge is 0.228 e. The van der Waals surface area contributed by atoms with Gasteiger partial charge in [0.1, 0.15) is 5.82 Å². The van der Waals surface area contributed by atoms with Gasteiger partial charge in [-0.15, -0.1) is 0 Å². The predicted molar refractivity (Wildman–Crippen MR) is 154 cm³/mol. The Morgan fingerprint density at radius 1 is 0.892 bits per heavy atom. The van der Waals surface area contributed by atoms with Crippen molar-refractivity contribution < 1.29 is 4.79 Å². The Kier molecular flexibility index (Phi) is 7.67. The van der Waals surface area contributed by atoms with Crippen LogP contribution >= 0.6 is 50.7 Å². The first-order valence-electron chi connectivity index (χ1n) is 11.2. The number of hydrogen-bond donors (Lipinski definition) is 2. The first-order chi connectivity index (χ1) is 17.9. The van der Waals surface area contributed by atoms with E-state index in [2.05, 4.69) is 31.7 Å². The number of anilines is 2. The van der Waals surface area contributed by atoms with Crippen LogP contribution in [0.3, 0.4) is 0 Å². The van der Waals surface area contributed by atoms with E-state index in [0.29, 0.717) is 32.9 Å². The molecule has 5 aromatic rings. The molecule has 0 saturated heterocycles. The number of halogens is 4. The van der Waals surface area contributed by atoms with Gasteiger partial charge >= 0.3 is 0 Å². The van der Waals surface area contributed by atoms with Gasteiger partial charge in [0.05, 0.1) is 32.8 Å². The molecule has 3 aromatic carbocycles. The van der Waals surface area contributed by atoms with Crippen molar-refractivity contribution in [3.63, 3.8) is 0 Å². The molecule has 5 rings (SSSR count). The Morgan fingerprint density at radius 2 is 1.73 bits per heavy atom. The highest BCUT2D eigenvalue weighted by molar-refractivity contribution is 9.10. The zero-order chi connectivity index (χ0) is 25.9. The molecule has 2 aromatic heterocycles. The summed E-state index contributed by atoms with van der Waals surface area (Å²) in [6.45, 7) is 0.495. The molecule has 0 atom stereocenters. The average Bonchev–Trinajstić information content (AvgIpc) is 3.26. The molecule has 0 fully saturated rings. The maximum atomic E-state index is 12.6. The zero-order valence-corrected chi connectivity index (χ0v) is 23.0. The van der Waals surface area contributed by atoms with Crippen LogP contribution in [0.15, 0.2) is 83.5 Å². The van der Waals surface area contributed by atoms with Crippen LogP contribution < -0.4 is 10.6 Å². The Morgan fingerprint density at radius 3 is 2.54 bits per heavy atom. The van der Waals surface area contributed by atoms with Crippen LogP contribution in [0.1, 0.15) is 11.1 Å². The topological polar surface area (TPSA) is 71.3 Å². The van der Waals surface area contributed by atoms with Gasteiger partial charge in [-0.3, -0.25) is 4.79 Å². The third-order valence-corrected chi connectivity index (χ3v) is 7.24. The van der Waals surface area contributed by atoms with E-state index >= 15 is 0 Å². The van der Waals surface area contributed by atoms with Crippen LogP contribution in [-0.2, 0) is 17.8 Å². The Hall–Kier alpha value is -3.10. The fourth-order valence-electron chi connectivity index (χ4n) is 3.86. The van der Waals surface area contributed by atoms with E-state index in [9.17, 15) is 4.79 Å². The Bertz CT molecular complexity index is 1620. The lowest BCUT2D eigenvalue weighted by Crippen LogP contribution is -2.14. The second-order valence-electron chi connectivity index (χ2n) is 8.26. The molecule has 1 amide bonds. The molecule has 0 saturated carbocycles. The summed E-state index contributed by atoms with van der Waals surface area (Å²) in [7, 11) is 0. The highest BCUT2D eigenvalue weighted by atomic mass is 79.9. The summed E-state index contributed by atoms with van der Waals surface area (Å²) in [4.78, 5) is 17.3. The lowest BCUT2D eigenvalue weighted by Gasteiger charge is -2.13. The molecule has 0 spiro atoms. The molecule has 0 aliphatic carbocycles. The quantitative estimate of drug-likeness (QED) is 0.195. The number of carbonyl (C=O) groups is 1. The van der Waals surface area contributed by atoms with E-state index in [1.165, 1.54) is 0 Å². The number of aromatic nitrogens is 3. The number of amides is 1. The molecule has 2 N–H and O–H groups in total. The highest BCUT2D eigenvalue weighted by Crippen LogP contribution is 2.30. The second kappa shape index (κ2) is 11.1. The molecule has 0 aliphatic rings. The number of benzene rings is 3. The van der Waals surface area contributed by atoms with Crippen molar-refractivity contribution in [3.05, 3.63) is 110 Å². The fourth-order valence-corrected chi connectivity index (χ4v) is 4.76. The molecular formula is C27H19BrCl3N5O. The summed E-state index contributed by atoms with van der Waals surface area (Å²) in [6.07, 6.45) is 1.89. The molecule has 0 bridgehead atoms. The maximum Gasteiger partial charge on any atom is 0.228 e. The minimum atomic E-state index is -0.148. The van der Waals surface area contributed by atoms with Crippen molar-refractivity contribution in [3.8, 4) is 11.3 Å². The van der Waals surface area contributed by atoms with Crippen molar-refractivity contribution >= 4 is 73.8 Å². The molecule has 0 aliphatic heterocycles. The third-order valence-electron chi connectivity index (χ3n) is 5.61. The van der Waals surface area contributed by atoms with E-state index in [0.717, 1.165) is 32.7 Å². The summed E-state index contributed by atoms with van der Waals surface area (Å²) in [5.41, 5.74) is 4.68. The molecule has 0 radical (unpaired) electrons. The first kappa shape index (κ1) is 25.5. The van der Waals surface area contributed by atoms with E-state index in [4.69, 9.17) is 39.8 Å². The van der Waals surface area contributed by atoms with Crippen LogP contribution in [0.4, 0.5) is 11.5 Å². The van der Waals surface area contributed by atoms with Gasteiger partial charge in [-0.05, 0) is 57.4 Å². The maximum absolute atomic E-state index is 12.6. The number of rotatable bonds is 7. The molecule has 0 unspecified atom stereocenters. The lowest BCUT2D eigenvalue weighted by atomic mass is 10.1. The molecule has 37 heavy (non-hydrogen) atoms. The van der Waals surface area contributed by atoms with Crippen molar-refractivity contribution in [2.45, 2.75) is 13.0 Å². The van der Waals surface area contributed by atoms with Crippen LogP contribution in [0.2, 0.25) is 15.1 Å². The highest BCUT2D eigenvalue weighted by Gasteiger charge is 2.13. The first-order valence-corrected chi connectivity index (χ1v) is 13.2. The third kappa shape index (κ3) is 5.91. The minimum Gasteiger partial charge on any atom is -0.366 e. The van der Waals surface area contributed by atoms with Crippen molar-refractivity contribution in [2.75, 3.05) is 10.6 Å². The largest absolute Gasteiger partial charge is 0.366 e. The van der Waals surface area contributed by atoms with Crippen LogP contribution in [-0.4, -0.2) is 20.5 Å². The van der Waals surface area contributed by atoms with Crippen molar-refractivity contribution in [2.24, 2.45) is 0 Å². The summed E-state index contributed by atoms with van der Waals surface area (Å²) in [6, 6.07) is 22.3. The lowest BCUT2D eigenvalue weighted by molar-refractivity contribution is -0.115. The van der Waals surface area contributed by atoms with E-state index in [1.807, 2.05) is 54.6 Å². The van der Waals surface area contributed by atoms with Gasteiger partial charge in [-0.25, -0.2) is 4.98 Å². The normalized spacial score (nSPS) is 11.0. The van der Waals surface area contributed by atoms with Gasteiger partial charge in [-0.2, -0.15) is 9.61 Å². The number of hydrogen-bond acceptors (Lipinski definition) is 4. The fraction of sp³-hybridized carbons (Fsp3) is 0.0741. The molecule has 10 heteroatoms. The Balaban J connectivity index is 1.33. The monoisotopic (exact) mass is 613 g/mol. The van der Waals surface area contributed by atoms with Gasteiger partial charge in [0.2, 0.25) is 5.91 Å². The standard InChI is InChI=1S/C27H19BrCl3N5O/c28-20-15-33-36-25(13-24(35-27(20)36)19-6-1-2-7-21(19)29)32-14-17-4-3-5-18(10-17)34-26(37)12-16-8-9-22(30)23(31)11-16/h1-11,13,15,32H,12,14H2,(H,34,37). The van der Waals surface area contributed by atoms with Gasteiger partial charge < -0.3 is 10.6 Å². The van der Waals surface area contributed by atoms with Crippen LogP contribution in [0.25, 0.3) is 16.9 Å². The number of carbonyl (C=O) groups excluding carboxylic acids is 1. The summed E-state index contributed by atoms with van der Waals surface area (Å²) in [5.74, 6) is 0.602. The van der Waals surface area contributed by atoms with E-state index < -0.39 is 0 Å². The van der Waals surface area contributed by atoms with Gasteiger partial charge in [0.15, 0.2) is 5.65 Å². The summed E-state index contributed by atoms with van der Waals surface area (Å²) in [5, 5.41) is 12.3.